The molecule has 0 aromatic heterocycles. The van der Waals surface area contributed by atoms with E-state index in [1.54, 1.807) is 6.08 Å². The summed E-state index contributed by atoms with van der Waals surface area (Å²) in [6.45, 7) is 2.19. The molecule has 0 saturated heterocycles. The van der Waals surface area contributed by atoms with E-state index in [2.05, 4.69) is 19.1 Å². The zero-order chi connectivity index (χ0) is 17.5. The van der Waals surface area contributed by atoms with Gasteiger partial charge in [0.05, 0.1) is 15.6 Å². The molecular weight excluding hydrogens is 383 g/mol. The van der Waals surface area contributed by atoms with Gasteiger partial charge < -0.3 is 0 Å². The summed E-state index contributed by atoms with van der Waals surface area (Å²) in [5.74, 6) is 0.876. The summed E-state index contributed by atoms with van der Waals surface area (Å²) in [7, 11) is 0. The van der Waals surface area contributed by atoms with Gasteiger partial charge in [-0.3, -0.25) is 4.79 Å². The van der Waals surface area contributed by atoms with Crippen LogP contribution >= 0.6 is 46.6 Å². The second-order valence-corrected chi connectivity index (χ2v) is 7.63. The molecule has 0 spiro atoms. The maximum absolute atomic E-state index is 12.3. The lowest BCUT2D eigenvalue weighted by Gasteiger charge is -2.04. The van der Waals surface area contributed by atoms with Crippen LogP contribution in [-0.4, -0.2) is 11.5 Å². The van der Waals surface area contributed by atoms with E-state index in [0.717, 1.165) is 11.3 Å². The molecule has 1 nitrogen and oxygen atoms in total. The molecule has 2 rings (SSSR count). The fourth-order valence-corrected chi connectivity index (χ4v) is 4.04. The topological polar surface area (TPSA) is 17.1 Å². The van der Waals surface area contributed by atoms with Gasteiger partial charge in [-0.05, 0) is 48.1 Å². The number of hydrogen-bond acceptors (Lipinski definition) is 2. The van der Waals surface area contributed by atoms with Gasteiger partial charge in [-0.25, -0.2) is 0 Å². The lowest BCUT2D eigenvalue weighted by atomic mass is 10.1. The predicted molar refractivity (Wildman–Crippen MR) is 107 cm³/mol. The van der Waals surface area contributed by atoms with Crippen LogP contribution in [0.4, 0.5) is 0 Å². The molecule has 2 aromatic rings. The van der Waals surface area contributed by atoms with Gasteiger partial charge in [0.25, 0.3) is 0 Å². The first kappa shape index (κ1) is 19.4. The van der Waals surface area contributed by atoms with Gasteiger partial charge >= 0.3 is 0 Å². The molecule has 0 aliphatic heterocycles. The molecule has 0 heterocycles. The lowest BCUT2D eigenvalue weighted by Crippen LogP contribution is -1.97. The molecule has 0 unspecified atom stereocenters. The van der Waals surface area contributed by atoms with E-state index in [4.69, 9.17) is 34.8 Å². The fraction of sp³-hybridized carbons (Fsp3) is 0.211. The molecule has 0 amide bonds. The fourth-order valence-electron chi connectivity index (χ4n) is 2.04. The van der Waals surface area contributed by atoms with Crippen LogP contribution in [0, 0.1) is 0 Å². The summed E-state index contributed by atoms with van der Waals surface area (Å²) in [5.41, 5.74) is 1.22. The van der Waals surface area contributed by atoms with Gasteiger partial charge in [-0.1, -0.05) is 66.4 Å². The molecule has 0 atom stereocenters. The van der Waals surface area contributed by atoms with Crippen molar-refractivity contribution in [3.63, 3.8) is 0 Å². The Bertz CT molecular complexity index is 716. The van der Waals surface area contributed by atoms with Crippen molar-refractivity contribution in [2.75, 3.05) is 5.75 Å². The summed E-state index contributed by atoms with van der Waals surface area (Å²) in [5, 5.41) is 0.913. The number of thioether (sulfide) groups is 1. The molecule has 0 N–H and O–H groups in total. The normalized spacial score (nSPS) is 11.2. The Hall–Kier alpha value is -0.930. The molecule has 5 heteroatoms. The molecule has 24 heavy (non-hydrogen) atoms. The highest BCUT2D eigenvalue weighted by atomic mass is 35.5. The lowest BCUT2D eigenvalue weighted by molar-refractivity contribution is 0.104. The van der Waals surface area contributed by atoms with Crippen LogP contribution < -0.4 is 0 Å². The zero-order valence-corrected chi connectivity index (χ0v) is 16.3. The van der Waals surface area contributed by atoms with E-state index in [-0.39, 0.29) is 21.4 Å². The number of ketones is 1. The van der Waals surface area contributed by atoms with Gasteiger partial charge in [0.2, 0.25) is 0 Å². The molecule has 0 bridgehead atoms. The average molecular weight is 400 g/mol. The number of unbranched alkanes of at least 4 members (excludes halogenated alkanes) is 1. The van der Waals surface area contributed by atoms with E-state index < -0.39 is 0 Å². The number of halogens is 3. The Morgan fingerprint density at radius 3 is 2.29 bits per heavy atom. The highest BCUT2D eigenvalue weighted by Gasteiger charge is 2.13. The first-order valence-corrected chi connectivity index (χ1v) is 9.73. The van der Waals surface area contributed by atoms with Crippen LogP contribution in [-0.2, 0) is 0 Å². The van der Waals surface area contributed by atoms with Crippen molar-refractivity contribution in [3.05, 3.63) is 68.7 Å². The molecule has 2 aromatic carbocycles. The van der Waals surface area contributed by atoms with Gasteiger partial charge in [0.1, 0.15) is 0 Å². The highest BCUT2D eigenvalue weighted by molar-refractivity contribution is 7.99. The van der Waals surface area contributed by atoms with Crippen molar-refractivity contribution in [2.45, 2.75) is 24.7 Å². The number of benzene rings is 2. The second kappa shape index (κ2) is 9.53. The molecule has 0 saturated carbocycles. The smallest absolute Gasteiger partial charge is 0.188 e. The highest BCUT2D eigenvalue weighted by Crippen LogP contribution is 2.29. The van der Waals surface area contributed by atoms with Crippen molar-refractivity contribution in [3.8, 4) is 0 Å². The van der Waals surface area contributed by atoms with Gasteiger partial charge in [-0.2, -0.15) is 0 Å². The summed E-state index contributed by atoms with van der Waals surface area (Å²) < 4.78 is 0. The largest absolute Gasteiger partial charge is 0.289 e. The molecule has 0 aliphatic rings. The first-order valence-electron chi connectivity index (χ1n) is 7.61. The van der Waals surface area contributed by atoms with Gasteiger partial charge in [0, 0.05) is 9.92 Å². The molecular formula is C19H17Cl3OS. The van der Waals surface area contributed by atoms with Crippen molar-refractivity contribution in [1.82, 2.24) is 0 Å². The maximum atomic E-state index is 12.3. The third-order valence-corrected chi connectivity index (χ3v) is 5.24. The van der Waals surface area contributed by atoms with Crippen molar-refractivity contribution in [1.29, 1.82) is 0 Å². The van der Waals surface area contributed by atoms with Crippen LogP contribution in [0.5, 0.6) is 0 Å². The third kappa shape index (κ3) is 5.56. The van der Waals surface area contributed by atoms with E-state index in [9.17, 15) is 4.79 Å². The standard InChI is InChI=1S/C19H17Cl3OS/c1-2-3-10-24-15-7-4-13(5-8-15)6-9-18(23)19-16(21)11-14(20)12-17(19)22/h4-9,11-12H,2-3,10H2,1H3. The van der Waals surface area contributed by atoms with Crippen LogP contribution in [0.15, 0.2) is 47.4 Å². The minimum absolute atomic E-state index is 0.247. The Balaban J connectivity index is 2.06. The van der Waals surface area contributed by atoms with Crippen LogP contribution in [0.2, 0.25) is 15.1 Å². The molecule has 0 fully saturated rings. The second-order valence-electron chi connectivity index (χ2n) is 5.21. The van der Waals surface area contributed by atoms with Crippen LogP contribution in [0.1, 0.15) is 35.7 Å². The molecule has 0 aliphatic carbocycles. The van der Waals surface area contributed by atoms with Gasteiger partial charge in [-0.15, -0.1) is 11.8 Å². The Labute approximate surface area is 162 Å². The minimum atomic E-state index is -0.247. The Morgan fingerprint density at radius 1 is 1.08 bits per heavy atom. The van der Waals surface area contributed by atoms with Gasteiger partial charge in [0.15, 0.2) is 5.78 Å². The quantitative estimate of drug-likeness (QED) is 0.208. The SMILES string of the molecule is CCCCSc1ccc(C=CC(=O)c2c(Cl)cc(Cl)cc2Cl)cc1. The summed E-state index contributed by atoms with van der Waals surface area (Å²) >= 11 is 19.8. The van der Waals surface area contributed by atoms with E-state index in [1.165, 1.54) is 35.9 Å². The molecule has 0 radical (unpaired) electrons. The number of carbonyl (C=O) groups is 1. The Kier molecular flexibility index (Phi) is 7.70. The predicted octanol–water partition coefficient (Wildman–Crippen LogP) is 7.44. The van der Waals surface area contributed by atoms with Crippen molar-refractivity contribution < 1.29 is 4.79 Å². The summed E-state index contributed by atoms with van der Waals surface area (Å²) in [4.78, 5) is 13.5. The van der Waals surface area contributed by atoms with E-state index in [1.807, 2.05) is 23.9 Å². The number of rotatable bonds is 7. The zero-order valence-electron chi connectivity index (χ0n) is 13.2. The number of carbonyl (C=O) groups excluding carboxylic acids is 1. The monoisotopic (exact) mass is 398 g/mol. The summed E-state index contributed by atoms with van der Waals surface area (Å²) in [6, 6.07) is 11.1. The number of hydrogen-bond donors (Lipinski definition) is 0. The van der Waals surface area contributed by atoms with Crippen molar-refractivity contribution >= 4 is 58.4 Å². The molecule has 126 valence electrons. The van der Waals surface area contributed by atoms with E-state index in [0.29, 0.717) is 5.02 Å². The third-order valence-electron chi connectivity index (χ3n) is 3.33. The maximum Gasteiger partial charge on any atom is 0.188 e. The first-order chi connectivity index (χ1) is 11.5. The van der Waals surface area contributed by atoms with Crippen LogP contribution in [0.25, 0.3) is 6.08 Å². The average Bonchev–Trinajstić information content (AvgIpc) is 2.53. The summed E-state index contributed by atoms with van der Waals surface area (Å²) in [6.07, 6.45) is 5.64. The Morgan fingerprint density at radius 2 is 1.71 bits per heavy atom. The number of allylic oxidation sites excluding steroid dienone is 1. The minimum Gasteiger partial charge on any atom is -0.289 e. The van der Waals surface area contributed by atoms with E-state index >= 15 is 0 Å². The van der Waals surface area contributed by atoms with Crippen LogP contribution in [0.3, 0.4) is 0 Å². The van der Waals surface area contributed by atoms with Crippen molar-refractivity contribution in [2.24, 2.45) is 0 Å².